The molecule has 2 atom stereocenters. The highest BCUT2D eigenvalue weighted by Crippen LogP contribution is 2.33. The SMILES string of the molecule is CCn1c(C2CCCCC2N)nc2ccccc21. The molecule has 1 aliphatic carbocycles. The van der Waals surface area contributed by atoms with Crippen molar-refractivity contribution in [1.29, 1.82) is 0 Å². The molecule has 0 amide bonds. The summed E-state index contributed by atoms with van der Waals surface area (Å²) in [5, 5.41) is 0. The van der Waals surface area contributed by atoms with E-state index in [4.69, 9.17) is 10.7 Å². The second-order valence-corrected chi connectivity index (χ2v) is 5.26. The molecule has 18 heavy (non-hydrogen) atoms. The fraction of sp³-hybridized carbons (Fsp3) is 0.533. The van der Waals surface area contributed by atoms with Gasteiger partial charge in [0.05, 0.1) is 11.0 Å². The zero-order valence-electron chi connectivity index (χ0n) is 11.0. The van der Waals surface area contributed by atoms with Crippen molar-refractivity contribution in [3.8, 4) is 0 Å². The number of benzene rings is 1. The number of nitrogens with two attached hydrogens (primary N) is 1. The molecule has 0 aliphatic heterocycles. The van der Waals surface area contributed by atoms with Crippen LogP contribution in [-0.4, -0.2) is 15.6 Å². The molecule has 1 fully saturated rings. The third kappa shape index (κ3) is 1.83. The van der Waals surface area contributed by atoms with E-state index >= 15 is 0 Å². The van der Waals surface area contributed by atoms with Crippen LogP contribution in [0.15, 0.2) is 24.3 Å². The van der Waals surface area contributed by atoms with Crippen LogP contribution >= 0.6 is 0 Å². The molecule has 1 heterocycles. The largest absolute Gasteiger partial charge is 0.328 e. The minimum atomic E-state index is 0.279. The van der Waals surface area contributed by atoms with E-state index in [2.05, 4.69) is 35.8 Å². The summed E-state index contributed by atoms with van der Waals surface area (Å²) in [5.74, 6) is 1.64. The van der Waals surface area contributed by atoms with Crippen LogP contribution in [0.25, 0.3) is 11.0 Å². The monoisotopic (exact) mass is 243 g/mol. The number of rotatable bonds is 2. The summed E-state index contributed by atoms with van der Waals surface area (Å²) in [5.41, 5.74) is 8.65. The number of nitrogens with zero attached hydrogens (tertiary/aromatic N) is 2. The summed E-state index contributed by atoms with van der Waals surface area (Å²) in [6.45, 7) is 3.16. The summed E-state index contributed by atoms with van der Waals surface area (Å²) >= 11 is 0. The molecule has 96 valence electrons. The molecule has 0 spiro atoms. The van der Waals surface area contributed by atoms with Gasteiger partial charge in [0.25, 0.3) is 0 Å². The lowest BCUT2D eigenvalue weighted by Crippen LogP contribution is -2.33. The summed E-state index contributed by atoms with van der Waals surface area (Å²) in [7, 11) is 0. The Hall–Kier alpha value is -1.35. The van der Waals surface area contributed by atoms with Gasteiger partial charge >= 0.3 is 0 Å². The van der Waals surface area contributed by atoms with Gasteiger partial charge < -0.3 is 10.3 Å². The number of hydrogen-bond donors (Lipinski definition) is 1. The number of aromatic nitrogens is 2. The molecule has 1 aromatic carbocycles. The van der Waals surface area contributed by atoms with Gasteiger partial charge in [-0.1, -0.05) is 25.0 Å². The minimum absolute atomic E-state index is 0.279. The van der Waals surface area contributed by atoms with E-state index in [9.17, 15) is 0 Å². The van der Waals surface area contributed by atoms with Crippen molar-refractivity contribution in [2.45, 2.75) is 51.1 Å². The van der Waals surface area contributed by atoms with E-state index < -0.39 is 0 Å². The smallest absolute Gasteiger partial charge is 0.114 e. The van der Waals surface area contributed by atoms with Crippen molar-refractivity contribution in [3.05, 3.63) is 30.1 Å². The van der Waals surface area contributed by atoms with E-state index in [0.29, 0.717) is 5.92 Å². The topological polar surface area (TPSA) is 43.8 Å². The Balaban J connectivity index is 2.10. The first kappa shape index (κ1) is 11.7. The molecule has 1 aromatic heterocycles. The lowest BCUT2D eigenvalue weighted by molar-refractivity contribution is 0.366. The first-order valence-corrected chi connectivity index (χ1v) is 7.02. The normalized spacial score (nSPS) is 24.6. The van der Waals surface area contributed by atoms with Gasteiger partial charge in [0.15, 0.2) is 0 Å². The van der Waals surface area contributed by atoms with Gasteiger partial charge in [0.1, 0.15) is 5.82 Å². The Morgan fingerprint density at radius 1 is 1.28 bits per heavy atom. The predicted octanol–water partition coefficient (Wildman–Crippen LogP) is 3.04. The number of fused-ring (bicyclic) bond motifs is 1. The first-order chi connectivity index (χ1) is 8.81. The molecule has 0 saturated heterocycles. The van der Waals surface area contributed by atoms with Crippen LogP contribution in [0.2, 0.25) is 0 Å². The summed E-state index contributed by atoms with van der Waals surface area (Å²) in [4.78, 5) is 4.84. The number of imidazole rings is 1. The highest BCUT2D eigenvalue weighted by atomic mass is 15.1. The van der Waals surface area contributed by atoms with Crippen LogP contribution in [0.1, 0.15) is 44.3 Å². The van der Waals surface area contributed by atoms with E-state index in [1.165, 1.54) is 30.6 Å². The molecule has 0 radical (unpaired) electrons. The molecule has 3 nitrogen and oxygen atoms in total. The van der Waals surface area contributed by atoms with Crippen LogP contribution < -0.4 is 5.73 Å². The zero-order chi connectivity index (χ0) is 12.5. The Kier molecular flexibility index (Phi) is 3.08. The van der Waals surface area contributed by atoms with Crippen molar-refractivity contribution in [3.63, 3.8) is 0 Å². The Labute approximate surface area is 108 Å². The summed E-state index contributed by atoms with van der Waals surface area (Å²) < 4.78 is 2.34. The molecular weight excluding hydrogens is 222 g/mol. The van der Waals surface area contributed by atoms with Crippen molar-refractivity contribution < 1.29 is 0 Å². The van der Waals surface area contributed by atoms with Gasteiger partial charge in [0, 0.05) is 18.5 Å². The van der Waals surface area contributed by atoms with Gasteiger partial charge in [-0.25, -0.2) is 4.98 Å². The number of aryl methyl sites for hydroxylation is 1. The lowest BCUT2D eigenvalue weighted by atomic mass is 9.84. The Bertz CT molecular complexity index is 544. The summed E-state index contributed by atoms with van der Waals surface area (Å²) in [6.07, 6.45) is 4.87. The minimum Gasteiger partial charge on any atom is -0.328 e. The maximum Gasteiger partial charge on any atom is 0.114 e. The van der Waals surface area contributed by atoms with Gasteiger partial charge in [-0.3, -0.25) is 0 Å². The van der Waals surface area contributed by atoms with Crippen LogP contribution in [-0.2, 0) is 6.54 Å². The second-order valence-electron chi connectivity index (χ2n) is 5.26. The third-order valence-corrected chi connectivity index (χ3v) is 4.15. The van der Waals surface area contributed by atoms with E-state index in [1.807, 2.05) is 0 Å². The number of para-hydroxylation sites is 2. The number of hydrogen-bond acceptors (Lipinski definition) is 2. The van der Waals surface area contributed by atoms with Crippen molar-refractivity contribution in [2.24, 2.45) is 5.73 Å². The lowest BCUT2D eigenvalue weighted by Gasteiger charge is -2.28. The second kappa shape index (κ2) is 4.73. The van der Waals surface area contributed by atoms with Crippen molar-refractivity contribution in [2.75, 3.05) is 0 Å². The van der Waals surface area contributed by atoms with Crippen molar-refractivity contribution in [1.82, 2.24) is 9.55 Å². The van der Waals surface area contributed by atoms with Crippen LogP contribution in [0, 0.1) is 0 Å². The van der Waals surface area contributed by atoms with Gasteiger partial charge in [-0.05, 0) is 31.9 Å². The first-order valence-electron chi connectivity index (χ1n) is 7.02. The quantitative estimate of drug-likeness (QED) is 0.881. The maximum atomic E-state index is 6.30. The zero-order valence-corrected chi connectivity index (χ0v) is 11.0. The molecule has 2 N–H and O–H groups in total. The molecule has 2 unspecified atom stereocenters. The molecule has 3 rings (SSSR count). The fourth-order valence-electron chi connectivity index (χ4n) is 3.19. The summed E-state index contributed by atoms with van der Waals surface area (Å²) in [6, 6.07) is 8.67. The van der Waals surface area contributed by atoms with Crippen LogP contribution in [0.4, 0.5) is 0 Å². The molecule has 2 aromatic rings. The molecular formula is C15H21N3. The average molecular weight is 243 g/mol. The van der Waals surface area contributed by atoms with Crippen molar-refractivity contribution >= 4 is 11.0 Å². The Morgan fingerprint density at radius 2 is 2.06 bits per heavy atom. The average Bonchev–Trinajstić information content (AvgIpc) is 2.77. The van der Waals surface area contributed by atoms with E-state index in [1.54, 1.807) is 0 Å². The molecule has 1 saturated carbocycles. The van der Waals surface area contributed by atoms with Gasteiger partial charge in [0.2, 0.25) is 0 Å². The maximum absolute atomic E-state index is 6.30. The fourth-order valence-corrected chi connectivity index (χ4v) is 3.19. The van der Waals surface area contributed by atoms with Crippen LogP contribution in [0.3, 0.4) is 0 Å². The highest BCUT2D eigenvalue weighted by molar-refractivity contribution is 5.76. The third-order valence-electron chi connectivity index (χ3n) is 4.15. The van der Waals surface area contributed by atoms with E-state index in [0.717, 1.165) is 18.5 Å². The van der Waals surface area contributed by atoms with E-state index in [-0.39, 0.29) is 6.04 Å². The standard InChI is InChI=1S/C15H21N3/c1-2-18-14-10-6-5-9-13(14)17-15(18)11-7-3-4-8-12(11)16/h5-6,9-12H,2-4,7-8,16H2,1H3. The Morgan fingerprint density at radius 3 is 2.83 bits per heavy atom. The highest BCUT2D eigenvalue weighted by Gasteiger charge is 2.27. The molecule has 3 heteroatoms. The van der Waals surface area contributed by atoms with Crippen LogP contribution in [0.5, 0.6) is 0 Å². The molecule has 0 bridgehead atoms. The van der Waals surface area contributed by atoms with Gasteiger partial charge in [-0.15, -0.1) is 0 Å². The molecule has 1 aliphatic rings. The van der Waals surface area contributed by atoms with Gasteiger partial charge in [-0.2, -0.15) is 0 Å². The predicted molar refractivity (Wildman–Crippen MR) is 74.6 cm³/mol.